The maximum Gasteiger partial charge on any atom is 0.136 e. The fourth-order valence-electron chi connectivity index (χ4n) is 1.38. The van der Waals surface area contributed by atoms with Gasteiger partial charge < -0.3 is 5.73 Å². The molecule has 3 heteroatoms. The molecule has 0 bridgehead atoms. The van der Waals surface area contributed by atoms with E-state index in [0.717, 1.165) is 11.3 Å². The SMILES string of the molecule is Nc1ccccc1CSc1ccccc1F. The third kappa shape index (κ3) is 2.55. The van der Waals surface area contributed by atoms with Gasteiger partial charge in [0.15, 0.2) is 0 Å². The van der Waals surface area contributed by atoms with Gasteiger partial charge >= 0.3 is 0 Å². The second-order valence-corrected chi connectivity index (χ2v) is 4.44. The molecule has 0 unspecified atom stereocenters. The first kappa shape index (κ1) is 11.0. The van der Waals surface area contributed by atoms with Crippen LogP contribution in [0.5, 0.6) is 0 Å². The maximum atomic E-state index is 13.3. The summed E-state index contributed by atoms with van der Waals surface area (Å²) in [4.78, 5) is 0.658. The molecule has 16 heavy (non-hydrogen) atoms. The second-order valence-electron chi connectivity index (χ2n) is 3.42. The Morgan fingerprint density at radius 3 is 2.44 bits per heavy atom. The Kier molecular flexibility index (Phi) is 3.47. The minimum absolute atomic E-state index is 0.179. The summed E-state index contributed by atoms with van der Waals surface area (Å²) < 4.78 is 13.3. The van der Waals surface area contributed by atoms with E-state index in [2.05, 4.69) is 0 Å². The quantitative estimate of drug-likeness (QED) is 0.646. The van der Waals surface area contributed by atoms with Gasteiger partial charge in [-0.05, 0) is 23.8 Å². The number of anilines is 1. The van der Waals surface area contributed by atoms with Crippen LogP contribution >= 0.6 is 11.8 Å². The maximum absolute atomic E-state index is 13.3. The molecule has 0 aliphatic carbocycles. The van der Waals surface area contributed by atoms with Gasteiger partial charge in [-0.25, -0.2) is 4.39 Å². The van der Waals surface area contributed by atoms with Gasteiger partial charge in [0.1, 0.15) is 5.82 Å². The number of benzene rings is 2. The molecule has 2 aromatic rings. The van der Waals surface area contributed by atoms with Gasteiger partial charge in [-0.15, -0.1) is 11.8 Å². The molecule has 0 heterocycles. The van der Waals surface area contributed by atoms with Crippen LogP contribution < -0.4 is 5.73 Å². The largest absolute Gasteiger partial charge is 0.398 e. The highest BCUT2D eigenvalue weighted by molar-refractivity contribution is 7.98. The molecule has 0 aliphatic rings. The van der Waals surface area contributed by atoms with E-state index in [0.29, 0.717) is 10.6 Å². The Morgan fingerprint density at radius 1 is 1.00 bits per heavy atom. The van der Waals surface area contributed by atoms with Crippen molar-refractivity contribution in [2.75, 3.05) is 5.73 Å². The fraction of sp³-hybridized carbons (Fsp3) is 0.0769. The van der Waals surface area contributed by atoms with E-state index in [1.54, 1.807) is 12.1 Å². The van der Waals surface area contributed by atoms with Gasteiger partial charge in [-0.3, -0.25) is 0 Å². The molecule has 0 amide bonds. The number of rotatable bonds is 3. The normalized spacial score (nSPS) is 10.3. The van der Waals surface area contributed by atoms with Crippen molar-refractivity contribution in [3.8, 4) is 0 Å². The highest BCUT2D eigenvalue weighted by Crippen LogP contribution is 2.27. The van der Waals surface area contributed by atoms with Crippen LogP contribution in [0, 0.1) is 5.82 Å². The number of halogens is 1. The number of hydrogen-bond acceptors (Lipinski definition) is 2. The molecule has 0 atom stereocenters. The molecule has 0 radical (unpaired) electrons. The average molecular weight is 233 g/mol. The van der Waals surface area contributed by atoms with Gasteiger partial charge in [0.25, 0.3) is 0 Å². The highest BCUT2D eigenvalue weighted by Gasteiger charge is 2.03. The van der Waals surface area contributed by atoms with E-state index in [4.69, 9.17) is 5.73 Å². The molecule has 82 valence electrons. The number of nitrogen functional groups attached to an aromatic ring is 1. The van der Waals surface area contributed by atoms with E-state index in [1.165, 1.54) is 17.8 Å². The van der Waals surface area contributed by atoms with Gasteiger partial charge in [0.2, 0.25) is 0 Å². The molecule has 2 aromatic carbocycles. The first-order chi connectivity index (χ1) is 7.77. The first-order valence-corrected chi connectivity index (χ1v) is 5.96. The Balaban J connectivity index is 2.09. The zero-order chi connectivity index (χ0) is 11.4. The van der Waals surface area contributed by atoms with Crippen LogP contribution in [0.3, 0.4) is 0 Å². The first-order valence-electron chi connectivity index (χ1n) is 4.98. The lowest BCUT2D eigenvalue weighted by atomic mass is 10.2. The van der Waals surface area contributed by atoms with Gasteiger partial charge in [0, 0.05) is 16.3 Å². The fourth-order valence-corrected chi connectivity index (χ4v) is 2.34. The lowest BCUT2D eigenvalue weighted by Gasteiger charge is -2.05. The third-order valence-electron chi connectivity index (χ3n) is 2.27. The minimum Gasteiger partial charge on any atom is -0.398 e. The smallest absolute Gasteiger partial charge is 0.136 e. The molecular formula is C13H12FNS. The lowest BCUT2D eigenvalue weighted by molar-refractivity contribution is 0.602. The summed E-state index contributed by atoms with van der Waals surface area (Å²) in [5.41, 5.74) is 7.61. The van der Waals surface area contributed by atoms with Crippen LogP contribution in [-0.2, 0) is 5.75 Å². The van der Waals surface area contributed by atoms with Crippen LogP contribution in [0.4, 0.5) is 10.1 Å². The third-order valence-corrected chi connectivity index (χ3v) is 3.37. The van der Waals surface area contributed by atoms with Gasteiger partial charge in [-0.2, -0.15) is 0 Å². The summed E-state index contributed by atoms with van der Waals surface area (Å²) in [6.45, 7) is 0. The molecule has 0 saturated carbocycles. The van der Waals surface area contributed by atoms with Crippen molar-refractivity contribution in [3.63, 3.8) is 0 Å². The average Bonchev–Trinajstić information content (AvgIpc) is 2.30. The molecule has 0 spiro atoms. The van der Waals surface area contributed by atoms with Crippen molar-refractivity contribution in [2.45, 2.75) is 10.6 Å². The summed E-state index contributed by atoms with van der Waals surface area (Å²) in [6.07, 6.45) is 0. The molecule has 0 fully saturated rings. The molecule has 2 N–H and O–H groups in total. The monoisotopic (exact) mass is 233 g/mol. The zero-order valence-corrected chi connectivity index (χ0v) is 9.51. The molecule has 0 saturated heterocycles. The number of thioether (sulfide) groups is 1. The van der Waals surface area contributed by atoms with E-state index in [-0.39, 0.29) is 5.82 Å². The Morgan fingerprint density at radius 2 is 1.69 bits per heavy atom. The van der Waals surface area contributed by atoms with Crippen LogP contribution in [0.15, 0.2) is 53.4 Å². The Labute approximate surface area is 98.5 Å². The van der Waals surface area contributed by atoms with E-state index in [1.807, 2.05) is 30.3 Å². The Hall–Kier alpha value is -1.48. The molecule has 2 rings (SSSR count). The van der Waals surface area contributed by atoms with Crippen molar-refractivity contribution >= 4 is 17.4 Å². The zero-order valence-electron chi connectivity index (χ0n) is 8.69. The Bertz CT molecular complexity index is 439. The number of nitrogens with two attached hydrogens (primary N) is 1. The van der Waals surface area contributed by atoms with Crippen LogP contribution in [0.25, 0.3) is 0 Å². The van der Waals surface area contributed by atoms with Crippen molar-refractivity contribution in [1.82, 2.24) is 0 Å². The summed E-state index contributed by atoms with van der Waals surface area (Å²) >= 11 is 1.46. The second kappa shape index (κ2) is 5.03. The molecule has 1 nitrogen and oxygen atoms in total. The van der Waals surface area contributed by atoms with E-state index in [9.17, 15) is 4.39 Å². The van der Waals surface area contributed by atoms with Crippen LogP contribution in [-0.4, -0.2) is 0 Å². The van der Waals surface area contributed by atoms with E-state index >= 15 is 0 Å². The number of hydrogen-bond donors (Lipinski definition) is 1. The predicted molar refractivity (Wildman–Crippen MR) is 66.8 cm³/mol. The van der Waals surface area contributed by atoms with Crippen LogP contribution in [0.2, 0.25) is 0 Å². The van der Waals surface area contributed by atoms with Gasteiger partial charge in [-0.1, -0.05) is 30.3 Å². The highest BCUT2D eigenvalue weighted by atomic mass is 32.2. The van der Waals surface area contributed by atoms with E-state index < -0.39 is 0 Å². The summed E-state index contributed by atoms with van der Waals surface area (Å²) in [7, 11) is 0. The molecule has 0 aliphatic heterocycles. The summed E-state index contributed by atoms with van der Waals surface area (Å²) in [5, 5.41) is 0. The predicted octanol–water partition coefficient (Wildman–Crippen LogP) is 3.70. The minimum atomic E-state index is -0.179. The number of para-hydroxylation sites is 1. The van der Waals surface area contributed by atoms with Crippen molar-refractivity contribution in [1.29, 1.82) is 0 Å². The summed E-state index contributed by atoms with van der Waals surface area (Å²) in [5.74, 6) is 0.509. The summed E-state index contributed by atoms with van der Waals surface area (Å²) in [6, 6.07) is 14.4. The lowest BCUT2D eigenvalue weighted by Crippen LogP contribution is -1.91. The topological polar surface area (TPSA) is 26.0 Å². The van der Waals surface area contributed by atoms with Gasteiger partial charge in [0.05, 0.1) is 0 Å². The van der Waals surface area contributed by atoms with Crippen LogP contribution in [0.1, 0.15) is 5.56 Å². The standard InChI is InChI=1S/C13H12FNS/c14-11-6-2-4-8-13(11)16-9-10-5-1-3-7-12(10)15/h1-8H,9,15H2. The van der Waals surface area contributed by atoms with Crippen molar-refractivity contribution in [2.24, 2.45) is 0 Å². The molecular weight excluding hydrogens is 221 g/mol. The van der Waals surface area contributed by atoms with Crippen molar-refractivity contribution < 1.29 is 4.39 Å². The van der Waals surface area contributed by atoms with Crippen molar-refractivity contribution in [3.05, 3.63) is 59.9 Å². The molecule has 0 aromatic heterocycles.